The van der Waals surface area contributed by atoms with Gasteiger partial charge in [-0.1, -0.05) is 24.3 Å². The molecule has 2 heterocycles. The van der Waals surface area contributed by atoms with E-state index < -0.39 is 0 Å². The van der Waals surface area contributed by atoms with E-state index in [2.05, 4.69) is 19.6 Å². The summed E-state index contributed by atoms with van der Waals surface area (Å²) in [5, 5.41) is 1.18. The molecule has 0 fully saturated rings. The lowest BCUT2D eigenvalue weighted by atomic mass is 9.93. The zero-order chi connectivity index (χ0) is 12.0. The van der Waals surface area contributed by atoms with Crippen molar-refractivity contribution in [2.45, 2.75) is 25.7 Å². The summed E-state index contributed by atoms with van der Waals surface area (Å²) in [6.07, 6.45) is 3.46. The second kappa shape index (κ2) is 3.59. The van der Waals surface area contributed by atoms with Crippen LogP contribution in [-0.4, -0.2) is 10.5 Å². The highest BCUT2D eigenvalue weighted by Crippen LogP contribution is 2.36. The number of benzene rings is 1. The third kappa shape index (κ3) is 1.30. The van der Waals surface area contributed by atoms with Gasteiger partial charge in [-0.2, -0.15) is 0 Å². The lowest BCUT2D eigenvalue weighted by Gasteiger charge is -2.22. The minimum absolute atomic E-state index is 0.211. The summed E-state index contributed by atoms with van der Waals surface area (Å²) in [7, 11) is 0. The van der Waals surface area contributed by atoms with E-state index in [1.54, 1.807) is 0 Å². The molecule has 0 amide bonds. The van der Waals surface area contributed by atoms with Crippen molar-refractivity contribution in [1.82, 2.24) is 4.57 Å². The summed E-state index contributed by atoms with van der Waals surface area (Å²) in [5.41, 5.74) is 3.40. The number of carbonyl (C=O) groups is 1. The summed E-state index contributed by atoms with van der Waals surface area (Å²) in [5.74, 6) is 0.516. The molecule has 0 N–H and O–H groups in total. The number of carbonyl (C=O) groups excluding carboxylic acids is 1. The Morgan fingerprint density at radius 3 is 2.94 bits per heavy atom. The summed E-state index contributed by atoms with van der Waals surface area (Å²) < 4.78 is 1.89. The van der Waals surface area contributed by atoms with Crippen LogP contribution in [0.15, 0.2) is 36.9 Å². The number of rotatable bonds is 1. The molecule has 0 unspecified atom stereocenters. The van der Waals surface area contributed by atoms with Gasteiger partial charge in [0.1, 0.15) is 0 Å². The number of para-hydroxylation sites is 1. The van der Waals surface area contributed by atoms with Gasteiger partial charge in [0.2, 0.25) is 5.91 Å². The van der Waals surface area contributed by atoms with Crippen molar-refractivity contribution in [2.75, 3.05) is 0 Å². The van der Waals surface area contributed by atoms with E-state index in [9.17, 15) is 4.79 Å². The van der Waals surface area contributed by atoms with Crippen LogP contribution in [0.2, 0.25) is 0 Å². The number of hydrogen-bond donors (Lipinski definition) is 0. The first-order chi connectivity index (χ1) is 8.24. The molecule has 0 aliphatic carbocycles. The van der Waals surface area contributed by atoms with Crippen molar-refractivity contribution in [1.29, 1.82) is 0 Å². The summed E-state index contributed by atoms with van der Waals surface area (Å²) in [4.78, 5) is 12.1. The van der Waals surface area contributed by atoms with E-state index in [1.165, 1.54) is 10.9 Å². The molecule has 2 aromatic rings. The lowest BCUT2D eigenvalue weighted by Crippen LogP contribution is -2.21. The molecule has 0 saturated carbocycles. The molecule has 0 radical (unpaired) electrons. The standard InChI is InChI=1S/C15H15NO/c1-3-11-8-9-14(17)16-13-7-5-4-6-12(13)10(2)15(11)16/h3-7,11H,1,8-9H2,2H3/t11-/m1/s1. The quantitative estimate of drug-likeness (QED) is 0.679. The molecule has 0 bridgehead atoms. The topological polar surface area (TPSA) is 22.0 Å². The third-order valence-corrected chi connectivity index (χ3v) is 3.73. The zero-order valence-electron chi connectivity index (χ0n) is 9.94. The molecule has 3 rings (SSSR count). The van der Waals surface area contributed by atoms with Crippen LogP contribution in [0.1, 0.15) is 34.8 Å². The fourth-order valence-corrected chi connectivity index (χ4v) is 2.89. The molecule has 86 valence electrons. The van der Waals surface area contributed by atoms with Crippen LogP contribution in [0, 0.1) is 6.92 Å². The van der Waals surface area contributed by atoms with Crippen LogP contribution in [0.5, 0.6) is 0 Å². The molecule has 2 heteroatoms. The maximum absolute atomic E-state index is 12.1. The van der Waals surface area contributed by atoms with Gasteiger partial charge in [-0.25, -0.2) is 0 Å². The van der Waals surface area contributed by atoms with Gasteiger partial charge < -0.3 is 0 Å². The van der Waals surface area contributed by atoms with E-state index in [0.29, 0.717) is 12.3 Å². The number of aryl methyl sites for hydroxylation is 1. The van der Waals surface area contributed by atoms with Crippen LogP contribution in [0.3, 0.4) is 0 Å². The molecule has 0 spiro atoms. The number of allylic oxidation sites excluding steroid dienone is 1. The lowest BCUT2D eigenvalue weighted by molar-refractivity contribution is 0.0885. The molecule has 0 saturated heterocycles. The molecule has 1 aromatic heterocycles. The molecule has 17 heavy (non-hydrogen) atoms. The average molecular weight is 225 g/mol. The molecule has 1 atom stereocenters. The van der Waals surface area contributed by atoms with Gasteiger partial charge in [0, 0.05) is 23.4 Å². The summed E-state index contributed by atoms with van der Waals surface area (Å²) in [6, 6.07) is 8.12. The van der Waals surface area contributed by atoms with E-state index >= 15 is 0 Å². The Kier molecular flexibility index (Phi) is 2.18. The Balaban J connectivity index is 2.43. The predicted molar refractivity (Wildman–Crippen MR) is 69.5 cm³/mol. The molecule has 2 nitrogen and oxygen atoms in total. The molecular formula is C15H15NO. The first-order valence-electron chi connectivity index (χ1n) is 5.99. The highest BCUT2D eigenvalue weighted by Gasteiger charge is 2.28. The second-order valence-corrected chi connectivity index (χ2v) is 4.64. The Labute approximate surface area is 101 Å². The van der Waals surface area contributed by atoms with Gasteiger partial charge in [-0.15, -0.1) is 6.58 Å². The van der Waals surface area contributed by atoms with E-state index in [4.69, 9.17) is 0 Å². The monoisotopic (exact) mass is 225 g/mol. The van der Waals surface area contributed by atoms with Gasteiger partial charge in [-0.3, -0.25) is 9.36 Å². The third-order valence-electron chi connectivity index (χ3n) is 3.73. The summed E-state index contributed by atoms with van der Waals surface area (Å²) in [6.45, 7) is 6.00. The van der Waals surface area contributed by atoms with E-state index in [1.807, 2.05) is 28.8 Å². The second-order valence-electron chi connectivity index (χ2n) is 4.64. The first-order valence-corrected chi connectivity index (χ1v) is 5.99. The summed E-state index contributed by atoms with van der Waals surface area (Å²) >= 11 is 0. The Morgan fingerprint density at radius 1 is 1.41 bits per heavy atom. The highest BCUT2D eigenvalue weighted by molar-refractivity contribution is 5.97. The Morgan fingerprint density at radius 2 is 2.18 bits per heavy atom. The first kappa shape index (κ1) is 10.3. The largest absolute Gasteiger partial charge is 0.283 e. The van der Waals surface area contributed by atoms with Gasteiger partial charge in [0.15, 0.2) is 0 Å². The van der Waals surface area contributed by atoms with Crippen molar-refractivity contribution in [3.8, 4) is 0 Å². The fourth-order valence-electron chi connectivity index (χ4n) is 2.89. The van der Waals surface area contributed by atoms with Crippen molar-refractivity contribution in [3.05, 3.63) is 48.2 Å². The maximum Gasteiger partial charge on any atom is 0.231 e. The average Bonchev–Trinajstić information content (AvgIpc) is 2.66. The molecule has 1 aliphatic rings. The van der Waals surface area contributed by atoms with Crippen molar-refractivity contribution in [3.63, 3.8) is 0 Å². The number of nitrogens with zero attached hydrogens (tertiary/aromatic N) is 1. The minimum Gasteiger partial charge on any atom is -0.283 e. The predicted octanol–water partition coefficient (Wildman–Crippen LogP) is 3.65. The smallest absolute Gasteiger partial charge is 0.231 e. The van der Waals surface area contributed by atoms with Crippen LogP contribution in [-0.2, 0) is 0 Å². The van der Waals surface area contributed by atoms with Crippen LogP contribution in [0.4, 0.5) is 0 Å². The molecular weight excluding hydrogens is 210 g/mol. The molecule has 1 aromatic carbocycles. The Hall–Kier alpha value is -1.83. The van der Waals surface area contributed by atoms with Gasteiger partial charge in [-0.05, 0) is 25.0 Å². The Bertz CT molecular complexity index is 621. The maximum atomic E-state index is 12.1. The van der Waals surface area contributed by atoms with Crippen LogP contribution in [0.25, 0.3) is 10.9 Å². The van der Waals surface area contributed by atoms with Crippen molar-refractivity contribution >= 4 is 16.8 Å². The fraction of sp³-hybridized carbons (Fsp3) is 0.267. The molecule has 1 aliphatic heterocycles. The van der Waals surface area contributed by atoms with E-state index in [0.717, 1.165) is 17.6 Å². The van der Waals surface area contributed by atoms with Gasteiger partial charge >= 0.3 is 0 Å². The zero-order valence-corrected chi connectivity index (χ0v) is 9.94. The van der Waals surface area contributed by atoms with Crippen molar-refractivity contribution < 1.29 is 4.79 Å². The highest BCUT2D eigenvalue weighted by atomic mass is 16.2. The van der Waals surface area contributed by atoms with E-state index in [-0.39, 0.29) is 5.91 Å². The minimum atomic E-state index is 0.211. The van der Waals surface area contributed by atoms with Gasteiger partial charge in [0.05, 0.1) is 5.52 Å². The van der Waals surface area contributed by atoms with Gasteiger partial charge in [0.25, 0.3) is 0 Å². The number of aromatic nitrogens is 1. The van der Waals surface area contributed by atoms with Crippen molar-refractivity contribution in [2.24, 2.45) is 0 Å². The number of hydrogen-bond acceptors (Lipinski definition) is 1. The normalized spacial score (nSPS) is 19.4. The number of fused-ring (bicyclic) bond motifs is 3. The van der Waals surface area contributed by atoms with Crippen LogP contribution < -0.4 is 0 Å². The SMILES string of the molecule is C=C[C@@H]1CCC(=O)n2c1c(C)c1ccccc12. The van der Waals surface area contributed by atoms with Crippen LogP contribution >= 0.6 is 0 Å².